The maximum atomic E-state index is 14.5. The number of rotatable bonds is 3. The fourth-order valence-electron chi connectivity index (χ4n) is 3.36. The van der Waals surface area contributed by atoms with Gasteiger partial charge >= 0.3 is 0 Å². The first kappa shape index (κ1) is 19.6. The summed E-state index contributed by atoms with van der Waals surface area (Å²) >= 11 is 0. The summed E-state index contributed by atoms with van der Waals surface area (Å²) in [7, 11) is 0. The minimum absolute atomic E-state index is 0.0203. The van der Waals surface area contributed by atoms with E-state index in [2.05, 4.69) is 4.98 Å². The highest BCUT2D eigenvalue weighted by molar-refractivity contribution is 5.98. The molecule has 2 amide bonds. The third kappa shape index (κ3) is 3.08. The molecule has 0 saturated carbocycles. The minimum Gasteiger partial charge on any atom is -0.391 e. The zero-order valence-corrected chi connectivity index (χ0v) is 15.1. The second-order valence-corrected chi connectivity index (χ2v) is 6.73. The summed E-state index contributed by atoms with van der Waals surface area (Å²) in [5, 5.41) is 9.48. The van der Waals surface area contributed by atoms with Crippen molar-refractivity contribution >= 4 is 28.7 Å². The van der Waals surface area contributed by atoms with Gasteiger partial charge < -0.3 is 10.8 Å². The number of fused-ring (bicyclic) bond motifs is 1. The molecule has 3 heterocycles. The van der Waals surface area contributed by atoms with Crippen molar-refractivity contribution in [3.05, 3.63) is 63.7 Å². The first-order valence-corrected chi connectivity index (χ1v) is 8.67. The van der Waals surface area contributed by atoms with E-state index in [-0.39, 0.29) is 29.8 Å². The Bertz CT molecular complexity index is 1270. The number of primary amides is 1. The van der Waals surface area contributed by atoms with Crippen LogP contribution in [0.1, 0.15) is 16.8 Å². The Morgan fingerprint density at radius 1 is 1.17 bits per heavy atom. The average molecular weight is 418 g/mol. The fourth-order valence-corrected chi connectivity index (χ4v) is 3.36. The molecule has 3 aromatic rings. The highest BCUT2D eigenvalue weighted by Crippen LogP contribution is 2.26. The van der Waals surface area contributed by atoms with Gasteiger partial charge in [-0.1, -0.05) is 0 Å². The van der Waals surface area contributed by atoms with Crippen molar-refractivity contribution in [2.24, 2.45) is 5.73 Å². The van der Waals surface area contributed by atoms with E-state index in [0.29, 0.717) is 12.1 Å². The number of pyridine rings is 2. The number of aliphatic hydroxyl groups is 1. The molecule has 1 fully saturated rings. The molecule has 2 aromatic heterocycles. The van der Waals surface area contributed by atoms with E-state index >= 15 is 0 Å². The molecule has 154 valence electrons. The number of anilines is 1. The van der Waals surface area contributed by atoms with E-state index in [1.54, 1.807) is 0 Å². The van der Waals surface area contributed by atoms with Crippen molar-refractivity contribution in [2.45, 2.75) is 12.5 Å². The van der Waals surface area contributed by atoms with Crippen LogP contribution in [0.2, 0.25) is 0 Å². The highest BCUT2D eigenvalue weighted by atomic mass is 19.1. The van der Waals surface area contributed by atoms with Gasteiger partial charge in [-0.3, -0.25) is 23.9 Å². The molecule has 1 aromatic carbocycles. The molecule has 0 unspecified atom stereocenters. The van der Waals surface area contributed by atoms with E-state index in [4.69, 9.17) is 5.73 Å². The van der Waals surface area contributed by atoms with Gasteiger partial charge in [0.05, 0.1) is 24.5 Å². The van der Waals surface area contributed by atoms with Gasteiger partial charge in [0.15, 0.2) is 17.3 Å². The lowest BCUT2D eigenvalue weighted by molar-refractivity contribution is -0.117. The molecule has 0 bridgehead atoms. The lowest BCUT2D eigenvalue weighted by Crippen LogP contribution is -2.28. The van der Waals surface area contributed by atoms with Gasteiger partial charge in [0, 0.05) is 18.3 Å². The van der Waals surface area contributed by atoms with Crippen molar-refractivity contribution in [1.29, 1.82) is 0 Å². The normalized spacial score (nSPS) is 16.5. The maximum absolute atomic E-state index is 14.5. The number of carbonyl (C=O) groups excluding carboxylic acids is 2. The van der Waals surface area contributed by atoms with Gasteiger partial charge in [-0.15, -0.1) is 0 Å². The van der Waals surface area contributed by atoms with Gasteiger partial charge in [-0.25, -0.2) is 18.2 Å². The number of aliphatic hydroxyl groups excluding tert-OH is 1. The Morgan fingerprint density at radius 3 is 2.40 bits per heavy atom. The molecule has 0 aliphatic carbocycles. The van der Waals surface area contributed by atoms with Crippen molar-refractivity contribution < 1.29 is 27.9 Å². The van der Waals surface area contributed by atoms with Gasteiger partial charge in [-0.05, 0) is 12.1 Å². The molecular weight excluding hydrogens is 405 g/mol. The first-order valence-electron chi connectivity index (χ1n) is 8.67. The van der Waals surface area contributed by atoms with Crippen molar-refractivity contribution in [1.82, 2.24) is 9.55 Å². The predicted octanol–water partition coefficient (Wildman–Crippen LogP) is 1.000. The summed E-state index contributed by atoms with van der Waals surface area (Å²) in [6.45, 7) is -0.0553. The minimum atomic E-state index is -1.31. The van der Waals surface area contributed by atoms with Gasteiger partial charge in [0.25, 0.3) is 5.91 Å². The molecular formula is C19H13F3N4O4. The molecule has 11 heteroatoms. The third-order valence-electron chi connectivity index (χ3n) is 4.71. The third-order valence-corrected chi connectivity index (χ3v) is 4.71. The lowest BCUT2D eigenvalue weighted by atomic mass is 10.1. The van der Waals surface area contributed by atoms with E-state index < -0.39 is 52.0 Å². The Balaban J connectivity index is 2.06. The Kier molecular flexibility index (Phi) is 4.54. The molecule has 1 aliphatic rings. The molecule has 1 aliphatic heterocycles. The van der Waals surface area contributed by atoms with Crippen LogP contribution in [0.4, 0.5) is 19.0 Å². The van der Waals surface area contributed by atoms with Gasteiger partial charge in [0.2, 0.25) is 11.3 Å². The smallest absolute Gasteiger partial charge is 0.254 e. The lowest BCUT2D eigenvalue weighted by Gasteiger charge is -2.18. The van der Waals surface area contributed by atoms with Crippen molar-refractivity contribution in [3.8, 4) is 5.69 Å². The van der Waals surface area contributed by atoms with E-state index in [1.165, 1.54) is 12.1 Å². The SMILES string of the molecule is NC(=O)c1cn(-c2c(F)cc(F)cc2F)c2nc(N3C[C@@H](O)CC3=O)ccc2c1=O. The number of halogens is 3. The quantitative estimate of drug-likeness (QED) is 0.658. The van der Waals surface area contributed by atoms with Crippen LogP contribution in [0.3, 0.4) is 0 Å². The zero-order chi connectivity index (χ0) is 21.7. The van der Waals surface area contributed by atoms with Crippen molar-refractivity contribution in [3.63, 3.8) is 0 Å². The Hall–Kier alpha value is -3.73. The molecule has 4 rings (SSSR count). The summed E-state index contributed by atoms with van der Waals surface area (Å²) in [6, 6.07) is 3.37. The number of hydrogen-bond acceptors (Lipinski definition) is 5. The molecule has 0 radical (unpaired) electrons. The van der Waals surface area contributed by atoms with Crippen LogP contribution in [0.25, 0.3) is 16.7 Å². The Morgan fingerprint density at radius 2 is 1.83 bits per heavy atom. The second kappa shape index (κ2) is 6.95. The monoisotopic (exact) mass is 418 g/mol. The number of β-amino-alcohol motifs (C(OH)–C–C–N with tert-alkyl or cyclic N) is 1. The summed E-state index contributed by atoms with van der Waals surface area (Å²) in [4.78, 5) is 41.7. The van der Waals surface area contributed by atoms with E-state index in [0.717, 1.165) is 15.7 Å². The van der Waals surface area contributed by atoms with Crippen LogP contribution < -0.4 is 16.1 Å². The summed E-state index contributed by atoms with van der Waals surface area (Å²) in [6.07, 6.45) is -0.237. The molecule has 1 saturated heterocycles. The van der Waals surface area contributed by atoms with E-state index in [1.807, 2.05) is 0 Å². The number of hydrogen-bond donors (Lipinski definition) is 2. The number of aromatic nitrogens is 2. The maximum Gasteiger partial charge on any atom is 0.254 e. The first-order chi connectivity index (χ1) is 14.2. The average Bonchev–Trinajstić information content (AvgIpc) is 3.00. The highest BCUT2D eigenvalue weighted by Gasteiger charge is 2.30. The Labute approximate surface area is 166 Å². The number of benzene rings is 1. The van der Waals surface area contributed by atoms with Crippen LogP contribution >= 0.6 is 0 Å². The molecule has 30 heavy (non-hydrogen) atoms. The topological polar surface area (TPSA) is 119 Å². The fraction of sp³-hybridized carbons (Fsp3) is 0.158. The molecule has 8 nitrogen and oxygen atoms in total. The van der Waals surface area contributed by atoms with Crippen LogP contribution in [-0.4, -0.2) is 39.1 Å². The number of nitrogens with zero attached hydrogens (tertiary/aromatic N) is 3. The molecule has 1 atom stereocenters. The predicted molar refractivity (Wildman–Crippen MR) is 98.7 cm³/mol. The second-order valence-electron chi connectivity index (χ2n) is 6.73. The van der Waals surface area contributed by atoms with Crippen LogP contribution in [-0.2, 0) is 4.79 Å². The van der Waals surface area contributed by atoms with E-state index in [9.17, 15) is 32.7 Å². The summed E-state index contributed by atoms with van der Waals surface area (Å²) < 4.78 is 43.0. The van der Waals surface area contributed by atoms with Crippen LogP contribution in [0.5, 0.6) is 0 Å². The largest absolute Gasteiger partial charge is 0.391 e. The zero-order valence-electron chi connectivity index (χ0n) is 15.1. The number of amides is 2. The van der Waals surface area contributed by atoms with Crippen LogP contribution in [0.15, 0.2) is 35.3 Å². The summed E-state index contributed by atoms with van der Waals surface area (Å²) in [5.41, 5.74) is 2.74. The van der Waals surface area contributed by atoms with Gasteiger partial charge in [-0.2, -0.15) is 0 Å². The van der Waals surface area contributed by atoms with Gasteiger partial charge in [0.1, 0.15) is 22.9 Å². The van der Waals surface area contributed by atoms with Crippen molar-refractivity contribution in [2.75, 3.05) is 11.4 Å². The van der Waals surface area contributed by atoms with Crippen LogP contribution in [0, 0.1) is 17.5 Å². The standard InChI is InChI=1S/C19H13F3N4O4/c20-8-3-12(21)16(13(22)4-8)26-7-11(18(23)30)17(29)10-1-2-14(24-19(10)26)25-6-9(27)5-15(25)28/h1-4,7,9,27H,5-6H2,(H2,23,30)/t9-/m0/s1. The molecule has 0 spiro atoms. The number of nitrogens with two attached hydrogens (primary N) is 1. The number of carbonyl (C=O) groups is 2. The molecule has 3 N–H and O–H groups in total. The summed E-state index contributed by atoms with van der Waals surface area (Å²) in [5.74, 6) is -5.34.